The summed E-state index contributed by atoms with van der Waals surface area (Å²) in [6, 6.07) is 7.45. The predicted molar refractivity (Wildman–Crippen MR) is 67.0 cm³/mol. The maximum Gasteiger partial charge on any atom is 0.271 e. The quantitative estimate of drug-likeness (QED) is 0.378. The molecule has 5 heteroatoms. The van der Waals surface area contributed by atoms with E-state index in [0.29, 0.717) is 12.3 Å². The number of nitrogens with two attached hydrogens (primary N) is 2. The molecule has 1 aromatic carbocycles. The van der Waals surface area contributed by atoms with Gasteiger partial charge in [-0.3, -0.25) is 10.2 Å². The summed E-state index contributed by atoms with van der Waals surface area (Å²) in [5.74, 6) is 5.24. The summed E-state index contributed by atoms with van der Waals surface area (Å²) in [5, 5.41) is 0. The Kier molecular flexibility index (Phi) is 5.77. The van der Waals surface area contributed by atoms with Crippen molar-refractivity contribution in [2.75, 3.05) is 13.2 Å². The molecule has 0 fully saturated rings. The van der Waals surface area contributed by atoms with Crippen LogP contribution in [0.15, 0.2) is 30.3 Å². The van der Waals surface area contributed by atoms with E-state index in [-0.39, 0.29) is 12.5 Å². The molecule has 1 aromatic rings. The molecule has 0 aromatic heterocycles. The standard InChI is InChI=1S/C12H17N3O2/c13-8-4-3-6-10-5-1-2-7-11(10)17-9-12(16)15-14/h1-3,5-7H,4,8-9,13-14H2,(H,15,16). The number of hydrogen-bond donors (Lipinski definition) is 3. The van der Waals surface area contributed by atoms with E-state index >= 15 is 0 Å². The highest BCUT2D eigenvalue weighted by atomic mass is 16.5. The Labute approximate surface area is 100 Å². The van der Waals surface area contributed by atoms with Crippen molar-refractivity contribution in [2.24, 2.45) is 11.6 Å². The summed E-state index contributed by atoms with van der Waals surface area (Å²) in [5.41, 5.74) is 8.31. The summed E-state index contributed by atoms with van der Waals surface area (Å²) in [7, 11) is 0. The molecule has 0 radical (unpaired) electrons. The maximum atomic E-state index is 11.0. The molecular formula is C12H17N3O2. The van der Waals surface area contributed by atoms with Gasteiger partial charge >= 0.3 is 0 Å². The Morgan fingerprint density at radius 1 is 1.41 bits per heavy atom. The van der Waals surface area contributed by atoms with Gasteiger partial charge in [-0.2, -0.15) is 0 Å². The van der Waals surface area contributed by atoms with Crippen LogP contribution in [0.5, 0.6) is 5.75 Å². The van der Waals surface area contributed by atoms with Gasteiger partial charge in [-0.15, -0.1) is 0 Å². The van der Waals surface area contributed by atoms with Crippen LogP contribution in [0.4, 0.5) is 0 Å². The van der Waals surface area contributed by atoms with Gasteiger partial charge in [0.15, 0.2) is 6.61 Å². The van der Waals surface area contributed by atoms with Gasteiger partial charge in [0.1, 0.15) is 5.75 Å². The second-order valence-corrected chi connectivity index (χ2v) is 3.37. The molecule has 0 saturated carbocycles. The number of carbonyl (C=O) groups is 1. The van der Waals surface area contributed by atoms with Crippen molar-refractivity contribution < 1.29 is 9.53 Å². The highest BCUT2D eigenvalue weighted by Gasteiger charge is 2.02. The number of amides is 1. The van der Waals surface area contributed by atoms with Crippen molar-refractivity contribution in [1.29, 1.82) is 0 Å². The van der Waals surface area contributed by atoms with Crippen LogP contribution in [0.2, 0.25) is 0 Å². The van der Waals surface area contributed by atoms with E-state index in [1.807, 2.05) is 35.8 Å². The molecule has 1 amide bonds. The van der Waals surface area contributed by atoms with Crippen LogP contribution < -0.4 is 21.7 Å². The minimum absolute atomic E-state index is 0.0990. The van der Waals surface area contributed by atoms with Crippen molar-refractivity contribution in [1.82, 2.24) is 5.43 Å². The first-order valence-corrected chi connectivity index (χ1v) is 5.36. The molecule has 0 aliphatic heterocycles. The molecule has 1 rings (SSSR count). The average molecular weight is 235 g/mol. The van der Waals surface area contributed by atoms with Gasteiger partial charge in [0, 0.05) is 5.56 Å². The van der Waals surface area contributed by atoms with Crippen LogP contribution in [0, 0.1) is 0 Å². The molecule has 5 nitrogen and oxygen atoms in total. The lowest BCUT2D eigenvalue weighted by Crippen LogP contribution is -2.34. The van der Waals surface area contributed by atoms with Crippen LogP contribution in [-0.4, -0.2) is 19.1 Å². The van der Waals surface area contributed by atoms with Gasteiger partial charge in [-0.1, -0.05) is 30.4 Å². The first-order valence-electron chi connectivity index (χ1n) is 5.36. The lowest BCUT2D eigenvalue weighted by atomic mass is 10.2. The highest BCUT2D eigenvalue weighted by Crippen LogP contribution is 2.19. The molecule has 0 aliphatic carbocycles. The summed E-state index contributed by atoms with van der Waals surface area (Å²) in [4.78, 5) is 11.0. The van der Waals surface area contributed by atoms with Gasteiger partial charge in [0.25, 0.3) is 5.91 Å². The van der Waals surface area contributed by atoms with Crippen molar-refractivity contribution in [2.45, 2.75) is 6.42 Å². The van der Waals surface area contributed by atoms with E-state index < -0.39 is 0 Å². The maximum absolute atomic E-state index is 11.0. The van der Waals surface area contributed by atoms with E-state index in [1.54, 1.807) is 6.07 Å². The Morgan fingerprint density at radius 2 is 2.18 bits per heavy atom. The second-order valence-electron chi connectivity index (χ2n) is 3.37. The Hall–Kier alpha value is -1.85. The second kappa shape index (κ2) is 7.43. The van der Waals surface area contributed by atoms with Gasteiger partial charge in [-0.25, -0.2) is 5.84 Å². The molecule has 0 heterocycles. The minimum atomic E-state index is -0.370. The Morgan fingerprint density at radius 3 is 2.88 bits per heavy atom. The zero-order chi connectivity index (χ0) is 12.5. The van der Waals surface area contributed by atoms with E-state index in [9.17, 15) is 4.79 Å². The first kappa shape index (κ1) is 13.2. The van der Waals surface area contributed by atoms with Gasteiger partial charge < -0.3 is 10.5 Å². The van der Waals surface area contributed by atoms with Crippen LogP contribution in [0.25, 0.3) is 6.08 Å². The van der Waals surface area contributed by atoms with E-state index in [1.165, 1.54) is 0 Å². The fourth-order valence-electron chi connectivity index (χ4n) is 1.24. The number of benzene rings is 1. The third kappa shape index (κ3) is 4.67. The van der Waals surface area contributed by atoms with Crippen molar-refractivity contribution in [3.05, 3.63) is 35.9 Å². The molecule has 0 aliphatic rings. The number of carbonyl (C=O) groups excluding carboxylic acids is 1. The summed E-state index contributed by atoms with van der Waals surface area (Å²) < 4.78 is 5.35. The monoisotopic (exact) mass is 235 g/mol. The third-order valence-electron chi connectivity index (χ3n) is 2.07. The summed E-state index contributed by atoms with van der Waals surface area (Å²) in [6.07, 6.45) is 4.69. The molecule has 5 N–H and O–H groups in total. The Balaban J connectivity index is 2.67. The minimum Gasteiger partial charge on any atom is -0.483 e. The average Bonchev–Trinajstić information content (AvgIpc) is 2.37. The molecule has 0 unspecified atom stereocenters. The fourth-order valence-corrected chi connectivity index (χ4v) is 1.24. The van der Waals surface area contributed by atoms with Gasteiger partial charge in [0.05, 0.1) is 0 Å². The zero-order valence-electron chi connectivity index (χ0n) is 9.56. The third-order valence-corrected chi connectivity index (χ3v) is 2.07. The number of hydrazine groups is 1. The van der Waals surface area contributed by atoms with Crippen molar-refractivity contribution >= 4 is 12.0 Å². The number of nitrogens with one attached hydrogen (secondary N) is 1. The lowest BCUT2D eigenvalue weighted by molar-refractivity contribution is -0.123. The smallest absolute Gasteiger partial charge is 0.271 e. The van der Waals surface area contributed by atoms with E-state index in [2.05, 4.69) is 0 Å². The highest BCUT2D eigenvalue weighted by molar-refractivity contribution is 5.77. The lowest BCUT2D eigenvalue weighted by Gasteiger charge is -2.07. The molecule has 17 heavy (non-hydrogen) atoms. The molecular weight excluding hydrogens is 218 g/mol. The van der Waals surface area contributed by atoms with Gasteiger partial charge in [0.2, 0.25) is 0 Å². The molecule has 0 spiro atoms. The van der Waals surface area contributed by atoms with Crippen LogP contribution in [0.3, 0.4) is 0 Å². The van der Waals surface area contributed by atoms with Crippen LogP contribution >= 0.6 is 0 Å². The Bertz CT molecular complexity index is 391. The fraction of sp³-hybridized carbons (Fsp3) is 0.250. The summed E-state index contributed by atoms with van der Waals surface area (Å²) in [6.45, 7) is 0.507. The topological polar surface area (TPSA) is 90.4 Å². The SMILES string of the molecule is NCCC=Cc1ccccc1OCC(=O)NN. The zero-order valence-corrected chi connectivity index (χ0v) is 9.56. The molecule has 92 valence electrons. The first-order chi connectivity index (χ1) is 8.27. The number of rotatable bonds is 6. The van der Waals surface area contributed by atoms with Crippen molar-refractivity contribution in [3.63, 3.8) is 0 Å². The van der Waals surface area contributed by atoms with E-state index in [0.717, 1.165) is 12.0 Å². The molecule has 0 saturated heterocycles. The molecule has 0 bridgehead atoms. The normalized spacial score (nSPS) is 10.5. The number of ether oxygens (including phenoxy) is 1. The van der Waals surface area contributed by atoms with E-state index in [4.69, 9.17) is 16.3 Å². The largest absolute Gasteiger partial charge is 0.483 e. The summed E-state index contributed by atoms with van der Waals surface area (Å²) >= 11 is 0. The number of hydrogen-bond acceptors (Lipinski definition) is 4. The van der Waals surface area contributed by atoms with Crippen LogP contribution in [0.1, 0.15) is 12.0 Å². The predicted octanol–water partition coefficient (Wildman–Crippen LogP) is 0.417. The van der Waals surface area contributed by atoms with Crippen molar-refractivity contribution in [3.8, 4) is 5.75 Å². The molecule has 0 atom stereocenters. The van der Waals surface area contributed by atoms with Gasteiger partial charge in [-0.05, 0) is 19.0 Å². The van der Waals surface area contributed by atoms with Crippen LogP contribution in [-0.2, 0) is 4.79 Å². The number of para-hydroxylation sites is 1.